The van der Waals surface area contributed by atoms with Crippen LogP contribution in [0.3, 0.4) is 0 Å². The van der Waals surface area contributed by atoms with Gasteiger partial charge in [0.15, 0.2) is 6.10 Å². The van der Waals surface area contributed by atoms with E-state index in [9.17, 15) is 4.79 Å². The summed E-state index contributed by atoms with van der Waals surface area (Å²) in [4.78, 5) is 12.1. The second-order valence-corrected chi connectivity index (χ2v) is 9.35. The van der Waals surface area contributed by atoms with Crippen molar-refractivity contribution in [2.75, 3.05) is 19.8 Å². The van der Waals surface area contributed by atoms with Crippen molar-refractivity contribution in [2.45, 2.75) is 64.9 Å². The number of esters is 1. The molecule has 4 heteroatoms. The van der Waals surface area contributed by atoms with Crippen LogP contribution in [0.1, 0.15) is 68.2 Å². The third kappa shape index (κ3) is 6.17. The fourth-order valence-electron chi connectivity index (χ4n) is 5.08. The van der Waals surface area contributed by atoms with E-state index < -0.39 is 6.10 Å². The van der Waals surface area contributed by atoms with Crippen LogP contribution in [-0.2, 0) is 27.1 Å². The van der Waals surface area contributed by atoms with Gasteiger partial charge in [0.2, 0.25) is 0 Å². The molecule has 0 spiro atoms. The summed E-state index contributed by atoms with van der Waals surface area (Å²) < 4.78 is 16.9. The minimum atomic E-state index is -0.577. The summed E-state index contributed by atoms with van der Waals surface area (Å²) in [5, 5.41) is 0. The van der Waals surface area contributed by atoms with Gasteiger partial charge in [0.1, 0.15) is 5.75 Å². The molecule has 36 heavy (non-hydrogen) atoms. The lowest BCUT2D eigenvalue weighted by Gasteiger charge is -2.16. The van der Waals surface area contributed by atoms with E-state index in [1.165, 1.54) is 40.7 Å². The van der Waals surface area contributed by atoms with Crippen LogP contribution in [0.25, 0.3) is 11.1 Å². The molecule has 0 amide bonds. The molecule has 2 atom stereocenters. The van der Waals surface area contributed by atoms with Gasteiger partial charge in [0, 0.05) is 18.9 Å². The number of fused-ring (bicyclic) bond motifs is 3. The van der Waals surface area contributed by atoms with Crippen molar-refractivity contribution in [3.05, 3.63) is 89.0 Å². The molecular formula is C32H38O4. The molecule has 0 aromatic heterocycles. The van der Waals surface area contributed by atoms with Crippen molar-refractivity contribution in [3.8, 4) is 16.9 Å². The standard InChI is InChI=1S/C32H38O4/c1-4-7-10-23-15-18-28-29(26-11-8-9-12-27(26)30(28)21-23)19-20-36-25-16-13-24(14-17-25)22-31(34-5-2)32(33)35-6-3/h8-9,11-18,21,29,31H,4-7,10,19-20,22H2,1-3H3. The summed E-state index contributed by atoms with van der Waals surface area (Å²) in [7, 11) is 0. The van der Waals surface area contributed by atoms with Crippen molar-refractivity contribution < 1.29 is 19.0 Å². The van der Waals surface area contributed by atoms with Crippen LogP contribution in [-0.4, -0.2) is 31.9 Å². The molecule has 190 valence electrons. The van der Waals surface area contributed by atoms with Gasteiger partial charge in [-0.2, -0.15) is 0 Å². The highest BCUT2D eigenvalue weighted by Crippen LogP contribution is 2.46. The summed E-state index contributed by atoms with van der Waals surface area (Å²) in [5.74, 6) is 0.880. The maximum Gasteiger partial charge on any atom is 0.335 e. The zero-order valence-electron chi connectivity index (χ0n) is 21.8. The van der Waals surface area contributed by atoms with Crippen LogP contribution in [0.4, 0.5) is 0 Å². The van der Waals surface area contributed by atoms with E-state index in [2.05, 4.69) is 49.4 Å². The minimum absolute atomic E-state index is 0.311. The molecule has 3 aromatic rings. The van der Waals surface area contributed by atoms with Gasteiger partial charge in [-0.1, -0.05) is 67.9 Å². The Morgan fingerprint density at radius 1 is 0.861 bits per heavy atom. The minimum Gasteiger partial charge on any atom is -0.494 e. The number of hydrogen-bond acceptors (Lipinski definition) is 4. The lowest BCUT2D eigenvalue weighted by molar-refractivity contribution is -0.156. The molecule has 1 aliphatic carbocycles. The average Bonchev–Trinajstić information content (AvgIpc) is 3.21. The third-order valence-corrected chi connectivity index (χ3v) is 6.88. The fourth-order valence-corrected chi connectivity index (χ4v) is 5.08. The number of aryl methyl sites for hydroxylation is 1. The molecule has 0 fully saturated rings. The molecule has 3 aromatic carbocycles. The van der Waals surface area contributed by atoms with Crippen molar-refractivity contribution in [1.82, 2.24) is 0 Å². The number of unbranched alkanes of at least 4 members (excludes halogenated alkanes) is 1. The summed E-state index contributed by atoms with van der Waals surface area (Å²) in [6.45, 7) is 7.40. The average molecular weight is 487 g/mol. The molecule has 0 saturated carbocycles. The predicted molar refractivity (Wildman–Crippen MR) is 145 cm³/mol. The lowest BCUT2D eigenvalue weighted by atomic mass is 9.93. The van der Waals surface area contributed by atoms with Gasteiger partial charge >= 0.3 is 5.97 Å². The Morgan fingerprint density at radius 3 is 2.36 bits per heavy atom. The first-order valence-corrected chi connectivity index (χ1v) is 13.4. The number of hydrogen-bond donors (Lipinski definition) is 0. The molecule has 1 aliphatic rings. The zero-order valence-corrected chi connectivity index (χ0v) is 21.8. The van der Waals surface area contributed by atoms with Crippen molar-refractivity contribution in [1.29, 1.82) is 0 Å². The second kappa shape index (κ2) is 12.7. The first-order chi connectivity index (χ1) is 17.6. The molecule has 2 unspecified atom stereocenters. The zero-order chi connectivity index (χ0) is 25.3. The van der Waals surface area contributed by atoms with Gasteiger partial charge in [-0.05, 0) is 78.6 Å². The van der Waals surface area contributed by atoms with Crippen LogP contribution >= 0.6 is 0 Å². The maximum atomic E-state index is 12.1. The van der Waals surface area contributed by atoms with Crippen LogP contribution < -0.4 is 4.74 Å². The van der Waals surface area contributed by atoms with E-state index in [4.69, 9.17) is 14.2 Å². The van der Waals surface area contributed by atoms with Gasteiger partial charge < -0.3 is 14.2 Å². The summed E-state index contributed by atoms with van der Waals surface area (Å²) in [5.41, 5.74) is 8.02. The van der Waals surface area contributed by atoms with Crippen molar-refractivity contribution in [2.24, 2.45) is 0 Å². The molecule has 0 N–H and O–H groups in total. The Morgan fingerprint density at radius 2 is 1.61 bits per heavy atom. The number of carbonyl (C=O) groups excluding carboxylic acids is 1. The highest BCUT2D eigenvalue weighted by Gasteiger charge is 2.28. The number of carbonyl (C=O) groups is 1. The van der Waals surface area contributed by atoms with E-state index in [0.29, 0.717) is 32.2 Å². The Bertz CT molecular complexity index is 1140. The van der Waals surface area contributed by atoms with E-state index in [1.54, 1.807) is 6.92 Å². The Labute approximate surface area is 215 Å². The maximum absolute atomic E-state index is 12.1. The topological polar surface area (TPSA) is 44.8 Å². The number of rotatable bonds is 13. The molecule has 4 nitrogen and oxygen atoms in total. The van der Waals surface area contributed by atoms with Gasteiger partial charge in [-0.25, -0.2) is 4.79 Å². The first kappa shape index (κ1) is 26.0. The Kier molecular flexibility index (Phi) is 9.18. The summed E-state index contributed by atoms with van der Waals surface area (Å²) in [6.07, 6.45) is 4.42. The third-order valence-electron chi connectivity index (χ3n) is 6.88. The van der Waals surface area contributed by atoms with Crippen molar-refractivity contribution in [3.63, 3.8) is 0 Å². The van der Waals surface area contributed by atoms with E-state index in [1.807, 2.05) is 31.2 Å². The van der Waals surface area contributed by atoms with Crippen LogP contribution in [0.5, 0.6) is 5.75 Å². The van der Waals surface area contributed by atoms with Crippen LogP contribution in [0.2, 0.25) is 0 Å². The van der Waals surface area contributed by atoms with E-state index in [0.717, 1.165) is 24.2 Å². The predicted octanol–water partition coefficient (Wildman–Crippen LogP) is 7.12. The quantitative estimate of drug-likeness (QED) is 0.241. The second-order valence-electron chi connectivity index (χ2n) is 9.35. The SMILES string of the molecule is CCCCc1ccc2c(c1)-c1ccccc1C2CCOc1ccc(CC(OCC)C(=O)OCC)cc1. The summed E-state index contributed by atoms with van der Waals surface area (Å²) >= 11 is 0. The monoisotopic (exact) mass is 486 g/mol. The molecular weight excluding hydrogens is 448 g/mol. The first-order valence-electron chi connectivity index (χ1n) is 13.4. The lowest BCUT2D eigenvalue weighted by Crippen LogP contribution is -2.28. The Balaban J connectivity index is 1.38. The fraction of sp³-hybridized carbons (Fsp3) is 0.406. The number of benzene rings is 3. The van der Waals surface area contributed by atoms with Crippen LogP contribution in [0.15, 0.2) is 66.7 Å². The van der Waals surface area contributed by atoms with E-state index in [-0.39, 0.29) is 5.97 Å². The highest BCUT2D eigenvalue weighted by molar-refractivity contribution is 5.79. The van der Waals surface area contributed by atoms with Crippen molar-refractivity contribution >= 4 is 5.97 Å². The van der Waals surface area contributed by atoms with E-state index >= 15 is 0 Å². The highest BCUT2D eigenvalue weighted by atomic mass is 16.6. The largest absolute Gasteiger partial charge is 0.494 e. The molecule has 0 bridgehead atoms. The summed E-state index contributed by atoms with van der Waals surface area (Å²) in [6, 6.07) is 23.8. The smallest absolute Gasteiger partial charge is 0.335 e. The van der Waals surface area contributed by atoms with Gasteiger partial charge in [-0.3, -0.25) is 0 Å². The Hall–Kier alpha value is -3.11. The molecule has 4 rings (SSSR count). The molecule has 0 radical (unpaired) electrons. The molecule has 0 saturated heterocycles. The molecule has 0 heterocycles. The number of ether oxygens (including phenoxy) is 3. The van der Waals surface area contributed by atoms with Gasteiger partial charge in [0.05, 0.1) is 13.2 Å². The van der Waals surface area contributed by atoms with Gasteiger partial charge in [-0.15, -0.1) is 0 Å². The molecule has 0 aliphatic heterocycles. The van der Waals surface area contributed by atoms with Gasteiger partial charge in [0.25, 0.3) is 0 Å². The van der Waals surface area contributed by atoms with Crippen LogP contribution in [0, 0.1) is 0 Å². The normalized spacial score (nSPS) is 14.7.